The second-order valence-electron chi connectivity index (χ2n) is 6.73. The van der Waals surface area contributed by atoms with Crippen molar-refractivity contribution in [3.05, 3.63) is 74.9 Å². The summed E-state index contributed by atoms with van der Waals surface area (Å²) in [5.74, 6) is -0.636. The second kappa shape index (κ2) is 8.94. The van der Waals surface area contributed by atoms with Gasteiger partial charge >= 0.3 is 12.1 Å². The Morgan fingerprint density at radius 1 is 1.29 bits per heavy atom. The van der Waals surface area contributed by atoms with Crippen molar-refractivity contribution >= 4 is 40.2 Å². The van der Waals surface area contributed by atoms with Gasteiger partial charge in [0.1, 0.15) is 5.50 Å². The van der Waals surface area contributed by atoms with E-state index in [2.05, 4.69) is 33.9 Å². The van der Waals surface area contributed by atoms with Crippen LogP contribution in [0.15, 0.2) is 58.2 Å². The zero-order valence-electron chi connectivity index (χ0n) is 16.4. The lowest BCUT2D eigenvalue weighted by Crippen LogP contribution is -2.49. The van der Waals surface area contributed by atoms with Crippen LogP contribution in [0.25, 0.3) is 0 Å². The van der Waals surface area contributed by atoms with Gasteiger partial charge < -0.3 is 9.64 Å². The molecule has 0 amide bonds. The fourth-order valence-corrected chi connectivity index (χ4v) is 4.51. The van der Waals surface area contributed by atoms with Crippen molar-refractivity contribution in [2.45, 2.75) is 24.6 Å². The molecule has 1 heterocycles. The highest BCUT2D eigenvalue weighted by molar-refractivity contribution is 9.10. The molecule has 0 unspecified atom stereocenters. The summed E-state index contributed by atoms with van der Waals surface area (Å²) in [6.45, 7) is 1.63. The molecule has 2 aromatic rings. The van der Waals surface area contributed by atoms with Crippen LogP contribution in [0.3, 0.4) is 0 Å². The molecule has 2 atom stereocenters. The molecule has 0 saturated carbocycles. The Bertz CT molecular complexity index is 1100. The van der Waals surface area contributed by atoms with E-state index in [1.165, 1.54) is 24.1 Å². The number of benzene rings is 2. The maximum Gasteiger partial charge on any atom is 0.416 e. The van der Waals surface area contributed by atoms with Gasteiger partial charge in [-0.2, -0.15) is 18.4 Å². The molecule has 31 heavy (non-hydrogen) atoms. The molecular formula is C21H17BrF3N3O2S. The molecule has 1 aliphatic rings. The van der Waals surface area contributed by atoms with Gasteiger partial charge in [0.05, 0.1) is 35.9 Å². The van der Waals surface area contributed by atoms with Gasteiger partial charge in [0.15, 0.2) is 0 Å². The average Bonchev–Trinajstić information content (AvgIpc) is 2.72. The Morgan fingerprint density at radius 2 is 2.00 bits per heavy atom. The number of hydrogen-bond donors (Lipinski definition) is 2. The van der Waals surface area contributed by atoms with E-state index in [0.29, 0.717) is 21.3 Å². The van der Waals surface area contributed by atoms with Crippen molar-refractivity contribution in [3.8, 4) is 6.07 Å². The molecule has 3 rings (SSSR count). The van der Waals surface area contributed by atoms with E-state index in [1.807, 2.05) is 6.07 Å². The number of carbonyl (C=O) groups excluding carboxylic acids is 1. The number of rotatable bonds is 3. The molecular weight excluding hydrogens is 495 g/mol. The van der Waals surface area contributed by atoms with Gasteiger partial charge in [0.25, 0.3) is 0 Å². The van der Waals surface area contributed by atoms with Crippen LogP contribution in [0.1, 0.15) is 29.7 Å². The lowest BCUT2D eigenvalue weighted by molar-refractivity contribution is -0.138. The van der Waals surface area contributed by atoms with E-state index in [0.717, 1.165) is 12.1 Å². The number of halogens is 4. The number of alkyl halides is 3. The van der Waals surface area contributed by atoms with Gasteiger partial charge in [-0.3, -0.25) is 5.32 Å². The minimum atomic E-state index is -4.51. The fourth-order valence-electron chi connectivity index (χ4n) is 3.45. The van der Waals surface area contributed by atoms with Crippen LogP contribution < -0.4 is 10.2 Å². The predicted molar refractivity (Wildman–Crippen MR) is 116 cm³/mol. The van der Waals surface area contributed by atoms with Crippen molar-refractivity contribution in [2.24, 2.45) is 0 Å². The highest BCUT2D eigenvalue weighted by atomic mass is 79.9. The van der Waals surface area contributed by atoms with Crippen LogP contribution in [0, 0.1) is 11.3 Å². The van der Waals surface area contributed by atoms with Gasteiger partial charge in [-0.25, -0.2) is 4.79 Å². The first-order chi connectivity index (χ1) is 14.6. The summed E-state index contributed by atoms with van der Waals surface area (Å²) in [6, 6.07) is 11.1. The highest BCUT2D eigenvalue weighted by Gasteiger charge is 2.38. The minimum Gasteiger partial charge on any atom is -0.466 e. The summed E-state index contributed by atoms with van der Waals surface area (Å²) < 4.78 is 45.2. The number of nitriles is 1. The Balaban J connectivity index is 2.15. The largest absolute Gasteiger partial charge is 0.466 e. The maximum atomic E-state index is 13.2. The van der Waals surface area contributed by atoms with Gasteiger partial charge in [-0.1, -0.05) is 28.1 Å². The van der Waals surface area contributed by atoms with Crippen LogP contribution in [-0.2, 0) is 15.7 Å². The van der Waals surface area contributed by atoms with Crippen molar-refractivity contribution < 1.29 is 22.7 Å². The first-order valence-corrected chi connectivity index (χ1v) is 10.3. The minimum absolute atomic E-state index is 0.218. The number of hydrogen-bond acceptors (Lipinski definition) is 6. The van der Waals surface area contributed by atoms with Gasteiger partial charge in [0.2, 0.25) is 0 Å². The number of esters is 1. The monoisotopic (exact) mass is 511 g/mol. The molecule has 0 fully saturated rings. The predicted octanol–water partition coefficient (Wildman–Crippen LogP) is 5.15. The third-order valence-electron chi connectivity index (χ3n) is 4.90. The van der Waals surface area contributed by atoms with Crippen LogP contribution in [-0.4, -0.2) is 18.6 Å². The summed E-state index contributed by atoms with van der Waals surface area (Å²) in [5, 5.41) is 12.2. The summed E-state index contributed by atoms with van der Waals surface area (Å²) in [6.07, 6.45) is -4.51. The Hall–Kier alpha value is -2.48. The molecule has 1 aliphatic heterocycles. The smallest absolute Gasteiger partial charge is 0.416 e. The number of nitrogens with one attached hydrogen (secondary N) is 1. The molecule has 0 aliphatic carbocycles. The number of methoxy groups -OCH3 is 1. The average molecular weight is 512 g/mol. The quantitative estimate of drug-likeness (QED) is 0.440. The van der Waals surface area contributed by atoms with Crippen LogP contribution in [0.2, 0.25) is 0 Å². The molecule has 1 N–H and O–H groups in total. The van der Waals surface area contributed by atoms with Crippen LogP contribution in [0.5, 0.6) is 0 Å². The Morgan fingerprint density at radius 3 is 2.58 bits per heavy atom. The zero-order chi connectivity index (χ0) is 22.9. The normalized spacial score (nSPS) is 19.2. The SMILES string of the molecule is COC(=O)C1=C(C)N(c2cccc(C(F)(F)F)c2)[C@@H](S)N[C@@H]1c1ccc(C#N)cc1Br. The van der Waals surface area contributed by atoms with Crippen LogP contribution >= 0.6 is 28.6 Å². The highest BCUT2D eigenvalue weighted by Crippen LogP contribution is 2.40. The van der Waals surface area contributed by atoms with Crippen molar-refractivity contribution in [1.82, 2.24) is 5.32 Å². The Labute approximate surface area is 191 Å². The number of nitrogens with zero attached hydrogens (tertiary/aromatic N) is 2. The number of ether oxygens (including phenoxy) is 1. The molecule has 2 aromatic carbocycles. The maximum absolute atomic E-state index is 13.2. The summed E-state index contributed by atoms with van der Waals surface area (Å²) in [5.41, 5.74) is 0.362. The third kappa shape index (κ3) is 4.59. The van der Waals surface area contributed by atoms with Gasteiger partial charge in [-0.15, -0.1) is 12.6 Å². The molecule has 162 valence electrons. The second-order valence-corrected chi connectivity index (χ2v) is 8.07. The Kier molecular flexibility index (Phi) is 6.69. The topological polar surface area (TPSA) is 65.4 Å². The molecule has 0 radical (unpaired) electrons. The van der Waals surface area contributed by atoms with E-state index in [1.54, 1.807) is 25.1 Å². The van der Waals surface area contributed by atoms with Crippen LogP contribution in [0.4, 0.5) is 18.9 Å². The van der Waals surface area contributed by atoms with E-state index in [9.17, 15) is 18.0 Å². The van der Waals surface area contributed by atoms with Crippen molar-refractivity contribution in [1.29, 1.82) is 5.26 Å². The van der Waals surface area contributed by atoms with E-state index in [4.69, 9.17) is 10.00 Å². The van der Waals surface area contributed by atoms with Gasteiger partial charge in [0, 0.05) is 15.9 Å². The lowest BCUT2D eigenvalue weighted by Gasteiger charge is -2.41. The molecule has 0 spiro atoms. The molecule has 5 nitrogen and oxygen atoms in total. The number of carbonyl (C=O) groups is 1. The van der Waals surface area contributed by atoms with Crippen molar-refractivity contribution in [3.63, 3.8) is 0 Å². The van der Waals surface area contributed by atoms with Crippen molar-refractivity contribution in [2.75, 3.05) is 12.0 Å². The van der Waals surface area contributed by atoms with Gasteiger partial charge in [-0.05, 0) is 42.8 Å². The summed E-state index contributed by atoms with van der Waals surface area (Å²) in [4.78, 5) is 14.2. The van der Waals surface area contributed by atoms with E-state index >= 15 is 0 Å². The number of thiol groups is 1. The summed E-state index contributed by atoms with van der Waals surface area (Å²) in [7, 11) is 1.23. The molecule has 0 saturated heterocycles. The first-order valence-electron chi connectivity index (χ1n) is 8.97. The lowest BCUT2D eigenvalue weighted by atomic mass is 9.94. The number of allylic oxidation sites excluding steroid dienone is 1. The molecule has 0 aromatic heterocycles. The third-order valence-corrected chi connectivity index (χ3v) is 5.96. The summed E-state index contributed by atoms with van der Waals surface area (Å²) >= 11 is 7.96. The first kappa shape index (κ1) is 23.2. The molecule has 10 heteroatoms. The molecule has 0 bridgehead atoms. The fraction of sp³-hybridized carbons (Fsp3) is 0.238. The standard InChI is InChI=1S/C21H17BrF3N3O2S/c1-11-17(19(29)30-2)18(15-7-6-12(10-26)8-16(15)22)27-20(31)28(11)14-5-3-4-13(9-14)21(23,24)25/h3-9,18,20,27,31H,1-2H3/t18-,20+/m1/s1. The zero-order valence-corrected chi connectivity index (χ0v) is 18.8. The number of anilines is 1. The van der Waals surface area contributed by atoms with E-state index in [-0.39, 0.29) is 11.3 Å². The van der Waals surface area contributed by atoms with E-state index < -0.39 is 29.2 Å².